The number of nitrogens with zero attached hydrogens (tertiary/aromatic N) is 2. The summed E-state index contributed by atoms with van der Waals surface area (Å²) in [6.07, 6.45) is 1.12. The number of anilines is 2. The molecule has 1 heterocycles. The largest absolute Gasteiger partial charge is 0.384 e. The highest BCUT2D eigenvalue weighted by Gasteiger charge is 2.10. The van der Waals surface area contributed by atoms with Crippen LogP contribution in [-0.2, 0) is 0 Å². The Bertz CT molecular complexity index is 284. The predicted molar refractivity (Wildman–Crippen MR) is 61.4 cm³/mol. The summed E-state index contributed by atoms with van der Waals surface area (Å²) < 4.78 is 0. The van der Waals surface area contributed by atoms with Gasteiger partial charge in [0.05, 0.1) is 0 Å². The summed E-state index contributed by atoms with van der Waals surface area (Å²) in [7, 11) is 0. The normalized spacial score (nSPS) is 10.6. The molecule has 0 spiro atoms. The van der Waals surface area contributed by atoms with Gasteiger partial charge in [-0.15, -0.1) is 0 Å². The molecule has 0 aliphatic heterocycles. The van der Waals surface area contributed by atoms with E-state index in [-0.39, 0.29) is 0 Å². The predicted octanol–water partition coefficient (Wildman–Crippen LogP) is 2.29. The third-order valence-corrected chi connectivity index (χ3v) is 2.14. The number of nitrogens with two attached hydrogens (primary N) is 1. The van der Waals surface area contributed by atoms with Crippen molar-refractivity contribution in [3.63, 3.8) is 0 Å². The summed E-state index contributed by atoms with van der Waals surface area (Å²) in [5.74, 6) is 1.56. The lowest BCUT2D eigenvalue weighted by molar-refractivity contribution is 0.663. The van der Waals surface area contributed by atoms with Gasteiger partial charge in [0, 0.05) is 12.6 Å². The summed E-state index contributed by atoms with van der Waals surface area (Å²) in [6, 6.07) is 6.23. The van der Waals surface area contributed by atoms with Crippen LogP contribution in [-0.4, -0.2) is 17.6 Å². The lowest BCUT2D eigenvalue weighted by atomic mass is 10.3. The van der Waals surface area contributed by atoms with Gasteiger partial charge in [-0.05, 0) is 32.4 Å². The van der Waals surface area contributed by atoms with E-state index in [1.165, 1.54) is 0 Å². The first-order valence-corrected chi connectivity index (χ1v) is 5.14. The molecule has 0 saturated carbocycles. The number of pyridine rings is 1. The second-order valence-electron chi connectivity index (χ2n) is 3.71. The van der Waals surface area contributed by atoms with Crippen molar-refractivity contribution < 1.29 is 0 Å². The van der Waals surface area contributed by atoms with Crippen molar-refractivity contribution in [2.45, 2.75) is 33.2 Å². The smallest absolute Gasteiger partial charge is 0.131 e. The van der Waals surface area contributed by atoms with Gasteiger partial charge in [0.25, 0.3) is 0 Å². The maximum Gasteiger partial charge on any atom is 0.131 e. The minimum absolute atomic E-state index is 0.462. The van der Waals surface area contributed by atoms with E-state index in [1.807, 2.05) is 18.2 Å². The second-order valence-corrected chi connectivity index (χ2v) is 3.71. The van der Waals surface area contributed by atoms with Gasteiger partial charge in [-0.3, -0.25) is 0 Å². The topological polar surface area (TPSA) is 42.1 Å². The third kappa shape index (κ3) is 2.62. The fourth-order valence-corrected chi connectivity index (χ4v) is 1.48. The molecule has 0 unspecified atom stereocenters. The van der Waals surface area contributed by atoms with E-state index >= 15 is 0 Å². The van der Waals surface area contributed by atoms with Crippen molar-refractivity contribution in [3.8, 4) is 0 Å². The Labute approximate surface area is 85.9 Å². The molecule has 0 radical (unpaired) electrons. The molecule has 1 rings (SSSR count). The van der Waals surface area contributed by atoms with Crippen molar-refractivity contribution in [3.05, 3.63) is 18.2 Å². The Balaban J connectivity index is 2.87. The molecular formula is C11H19N3. The first-order valence-electron chi connectivity index (χ1n) is 5.14. The SMILES string of the molecule is CCCN(c1cccc(N)n1)C(C)C. The molecule has 0 amide bonds. The Morgan fingerprint density at radius 3 is 2.64 bits per heavy atom. The zero-order valence-electron chi connectivity index (χ0n) is 9.20. The van der Waals surface area contributed by atoms with Gasteiger partial charge in [-0.1, -0.05) is 13.0 Å². The van der Waals surface area contributed by atoms with Gasteiger partial charge in [0.2, 0.25) is 0 Å². The van der Waals surface area contributed by atoms with Crippen LogP contribution in [0.5, 0.6) is 0 Å². The highest BCUT2D eigenvalue weighted by atomic mass is 15.2. The van der Waals surface area contributed by atoms with Crippen LogP contribution in [0, 0.1) is 0 Å². The molecular weight excluding hydrogens is 174 g/mol. The summed E-state index contributed by atoms with van der Waals surface area (Å²) in [5.41, 5.74) is 5.65. The number of rotatable bonds is 4. The van der Waals surface area contributed by atoms with Gasteiger partial charge < -0.3 is 10.6 Å². The summed E-state index contributed by atoms with van der Waals surface area (Å²) in [5, 5.41) is 0. The lowest BCUT2D eigenvalue weighted by Gasteiger charge is -2.27. The number of hydrogen-bond acceptors (Lipinski definition) is 3. The van der Waals surface area contributed by atoms with E-state index in [0.29, 0.717) is 11.9 Å². The van der Waals surface area contributed by atoms with Crippen LogP contribution in [0.15, 0.2) is 18.2 Å². The summed E-state index contributed by atoms with van der Waals surface area (Å²) in [4.78, 5) is 6.58. The Hall–Kier alpha value is -1.25. The first-order chi connectivity index (χ1) is 6.65. The van der Waals surface area contributed by atoms with Crippen molar-refractivity contribution in [1.82, 2.24) is 4.98 Å². The fourth-order valence-electron chi connectivity index (χ4n) is 1.48. The molecule has 0 atom stereocenters. The molecule has 0 aromatic carbocycles. The molecule has 3 nitrogen and oxygen atoms in total. The number of hydrogen-bond donors (Lipinski definition) is 1. The summed E-state index contributed by atoms with van der Waals surface area (Å²) in [6.45, 7) is 7.52. The van der Waals surface area contributed by atoms with Crippen molar-refractivity contribution in [2.75, 3.05) is 17.2 Å². The van der Waals surface area contributed by atoms with Gasteiger partial charge in [-0.2, -0.15) is 0 Å². The van der Waals surface area contributed by atoms with Crippen LogP contribution >= 0.6 is 0 Å². The van der Waals surface area contributed by atoms with Crippen LogP contribution < -0.4 is 10.6 Å². The Morgan fingerprint density at radius 1 is 1.43 bits per heavy atom. The molecule has 1 aromatic rings. The number of aromatic nitrogens is 1. The fraction of sp³-hybridized carbons (Fsp3) is 0.545. The van der Waals surface area contributed by atoms with Crippen LogP contribution in [0.1, 0.15) is 27.2 Å². The minimum Gasteiger partial charge on any atom is -0.384 e. The van der Waals surface area contributed by atoms with E-state index in [1.54, 1.807) is 0 Å². The molecule has 1 aromatic heterocycles. The molecule has 0 aliphatic carbocycles. The highest BCUT2D eigenvalue weighted by Crippen LogP contribution is 2.15. The van der Waals surface area contributed by atoms with Crippen LogP contribution in [0.3, 0.4) is 0 Å². The van der Waals surface area contributed by atoms with E-state index in [2.05, 4.69) is 30.7 Å². The van der Waals surface area contributed by atoms with Gasteiger partial charge in [-0.25, -0.2) is 4.98 Å². The standard InChI is InChI=1S/C11H19N3/c1-4-8-14(9(2)3)11-7-5-6-10(12)13-11/h5-7,9H,4,8H2,1-3H3,(H2,12,13). The average molecular weight is 193 g/mol. The quantitative estimate of drug-likeness (QED) is 0.797. The third-order valence-electron chi connectivity index (χ3n) is 2.14. The second kappa shape index (κ2) is 4.84. The average Bonchev–Trinajstić information content (AvgIpc) is 2.13. The van der Waals surface area contributed by atoms with Crippen molar-refractivity contribution >= 4 is 11.6 Å². The van der Waals surface area contributed by atoms with Gasteiger partial charge >= 0.3 is 0 Å². The molecule has 3 heteroatoms. The van der Waals surface area contributed by atoms with Crippen LogP contribution in [0.4, 0.5) is 11.6 Å². The molecule has 0 bridgehead atoms. The van der Waals surface area contributed by atoms with E-state index in [9.17, 15) is 0 Å². The van der Waals surface area contributed by atoms with Crippen LogP contribution in [0.25, 0.3) is 0 Å². The lowest BCUT2D eigenvalue weighted by Crippen LogP contribution is -2.32. The van der Waals surface area contributed by atoms with Gasteiger partial charge in [0.15, 0.2) is 0 Å². The molecule has 0 aliphatic rings. The monoisotopic (exact) mass is 193 g/mol. The molecule has 0 fully saturated rings. The maximum absolute atomic E-state index is 5.65. The minimum atomic E-state index is 0.462. The Kier molecular flexibility index (Phi) is 3.74. The van der Waals surface area contributed by atoms with Crippen molar-refractivity contribution in [2.24, 2.45) is 0 Å². The van der Waals surface area contributed by atoms with E-state index < -0.39 is 0 Å². The van der Waals surface area contributed by atoms with Crippen molar-refractivity contribution in [1.29, 1.82) is 0 Å². The molecule has 78 valence electrons. The highest BCUT2D eigenvalue weighted by molar-refractivity contribution is 5.45. The molecule has 0 saturated heterocycles. The van der Waals surface area contributed by atoms with E-state index in [4.69, 9.17) is 5.73 Å². The summed E-state index contributed by atoms with van der Waals surface area (Å²) >= 11 is 0. The van der Waals surface area contributed by atoms with Gasteiger partial charge in [0.1, 0.15) is 11.6 Å². The number of nitrogen functional groups attached to an aromatic ring is 1. The van der Waals surface area contributed by atoms with Crippen LogP contribution in [0.2, 0.25) is 0 Å². The first kappa shape index (κ1) is 10.8. The zero-order chi connectivity index (χ0) is 10.6. The molecule has 14 heavy (non-hydrogen) atoms. The Morgan fingerprint density at radius 2 is 2.14 bits per heavy atom. The molecule has 2 N–H and O–H groups in total. The van der Waals surface area contributed by atoms with E-state index in [0.717, 1.165) is 18.8 Å². The maximum atomic E-state index is 5.65. The zero-order valence-corrected chi connectivity index (χ0v) is 9.20.